The summed E-state index contributed by atoms with van der Waals surface area (Å²) < 4.78 is 9.98. The Morgan fingerprint density at radius 2 is 2.12 bits per heavy atom. The molecule has 1 fully saturated rings. The molecule has 1 rings (SSSR count). The monoisotopic (exact) mass is 244 g/mol. The molecule has 0 aromatic carbocycles. The second-order valence-electron chi connectivity index (χ2n) is 4.37. The van der Waals surface area contributed by atoms with Crippen molar-refractivity contribution in [2.24, 2.45) is 0 Å². The minimum absolute atomic E-state index is 0.0315. The number of methoxy groups -OCH3 is 1. The number of carbonyl (C=O) groups excluding carboxylic acids is 2. The standard InChI is InChI=1S/C11H20N2O4/c1-8-7-17-9(2)5-13(8)10(14)6-12(3)11(15)16-4/h8-9H,5-7H2,1-4H3/t8-,9-/m1/s1. The van der Waals surface area contributed by atoms with Crippen LogP contribution >= 0.6 is 0 Å². The minimum Gasteiger partial charge on any atom is -0.453 e. The van der Waals surface area contributed by atoms with Crippen LogP contribution in [0.3, 0.4) is 0 Å². The van der Waals surface area contributed by atoms with E-state index in [1.807, 2.05) is 13.8 Å². The van der Waals surface area contributed by atoms with Crippen molar-refractivity contribution in [3.8, 4) is 0 Å². The van der Waals surface area contributed by atoms with Gasteiger partial charge in [-0.05, 0) is 13.8 Å². The lowest BCUT2D eigenvalue weighted by molar-refractivity contribution is -0.143. The van der Waals surface area contributed by atoms with Gasteiger partial charge in [0.2, 0.25) is 5.91 Å². The number of morpholine rings is 1. The van der Waals surface area contributed by atoms with Crippen molar-refractivity contribution in [1.29, 1.82) is 0 Å². The highest BCUT2D eigenvalue weighted by Gasteiger charge is 2.28. The predicted molar refractivity (Wildman–Crippen MR) is 61.6 cm³/mol. The molecule has 0 bridgehead atoms. The maximum atomic E-state index is 12.0. The summed E-state index contributed by atoms with van der Waals surface area (Å²) >= 11 is 0. The summed E-state index contributed by atoms with van der Waals surface area (Å²) in [4.78, 5) is 26.2. The van der Waals surface area contributed by atoms with Crippen LogP contribution in [0.25, 0.3) is 0 Å². The summed E-state index contributed by atoms with van der Waals surface area (Å²) in [5.74, 6) is -0.0828. The smallest absolute Gasteiger partial charge is 0.409 e. The van der Waals surface area contributed by atoms with Gasteiger partial charge in [-0.3, -0.25) is 4.79 Å². The Labute approximate surface area is 101 Å². The Morgan fingerprint density at radius 3 is 2.71 bits per heavy atom. The molecule has 1 heterocycles. The van der Waals surface area contributed by atoms with E-state index in [1.54, 1.807) is 4.90 Å². The van der Waals surface area contributed by atoms with Gasteiger partial charge < -0.3 is 19.3 Å². The summed E-state index contributed by atoms with van der Waals surface area (Å²) in [6.45, 7) is 4.99. The first-order valence-corrected chi connectivity index (χ1v) is 5.65. The number of ether oxygens (including phenoxy) is 2. The third-order valence-corrected chi connectivity index (χ3v) is 2.79. The van der Waals surface area contributed by atoms with Gasteiger partial charge in [-0.15, -0.1) is 0 Å². The molecule has 1 saturated heterocycles. The van der Waals surface area contributed by atoms with Gasteiger partial charge in [-0.1, -0.05) is 0 Å². The van der Waals surface area contributed by atoms with Crippen molar-refractivity contribution in [1.82, 2.24) is 9.80 Å². The zero-order valence-corrected chi connectivity index (χ0v) is 10.8. The molecule has 0 aliphatic carbocycles. The first-order chi connectivity index (χ1) is 7.95. The molecule has 17 heavy (non-hydrogen) atoms. The van der Waals surface area contributed by atoms with Crippen molar-refractivity contribution in [2.75, 3.05) is 33.9 Å². The highest BCUT2D eigenvalue weighted by molar-refractivity contribution is 5.82. The summed E-state index contributed by atoms with van der Waals surface area (Å²) in [5, 5.41) is 0. The van der Waals surface area contributed by atoms with Gasteiger partial charge in [0.05, 0.1) is 25.9 Å². The highest BCUT2D eigenvalue weighted by atomic mass is 16.5. The molecule has 2 atom stereocenters. The number of hydrogen-bond acceptors (Lipinski definition) is 4. The summed E-state index contributed by atoms with van der Waals surface area (Å²) in [6.07, 6.45) is -0.467. The van der Waals surface area contributed by atoms with Gasteiger partial charge in [0.1, 0.15) is 6.54 Å². The van der Waals surface area contributed by atoms with E-state index in [2.05, 4.69) is 4.74 Å². The van der Waals surface area contributed by atoms with E-state index in [9.17, 15) is 9.59 Å². The van der Waals surface area contributed by atoms with Crippen LogP contribution in [0, 0.1) is 0 Å². The topological polar surface area (TPSA) is 59.1 Å². The molecule has 98 valence electrons. The van der Waals surface area contributed by atoms with Gasteiger partial charge >= 0.3 is 6.09 Å². The van der Waals surface area contributed by atoms with Crippen molar-refractivity contribution in [3.05, 3.63) is 0 Å². The molecule has 0 N–H and O–H groups in total. The molecule has 2 amide bonds. The van der Waals surface area contributed by atoms with Crippen LogP contribution in [-0.2, 0) is 14.3 Å². The van der Waals surface area contributed by atoms with Crippen LogP contribution in [0.4, 0.5) is 4.79 Å². The zero-order chi connectivity index (χ0) is 13.0. The molecule has 0 saturated carbocycles. The molecule has 1 aliphatic rings. The summed E-state index contributed by atoms with van der Waals surface area (Å²) in [6, 6.07) is 0.0461. The van der Waals surface area contributed by atoms with Crippen LogP contribution in [0.15, 0.2) is 0 Å². The Bertz CT molecular complexity index is 295. The Morgan fingerprint density at radius 1 is 1.47 bits per heavy atom. The fourth-order valence-corrected chi connectivity index (χ4v) is 1.76. The molecule has 1 aliphatic heterocycles. The number of amides is 2. The largest absolute Gasteiger partial charge is 0.453 e. The fourth-order valence-electron chi connectivity index (χ4n) is 1.76. The van der Waals surface area contributed by atoms with Crippen molar-refractivity contribution in [3.63, 3.8) is 0 Å². The normalized spacial score (nSPS) is 24.4. The van der Waals surface area contributed by atoms with Gasteiger partial charge in [-0.2, -0.15) is 0 Å². The molecule has 6 nitrogen and oxygen atoms in total. The van der Waals surface area contributed by atoms with Gasteiger partial charge in [0, 0.05) is 13.6 Å². The van der Waals surface area contributed by atoms with E-state index < -0.39 is 6.09 Å². The Balaban J connectivity index is 2.54. The molecule has 0 aromatic heterocycles. The van der Waals surface area contributed by atoms with Crippen LogP contribution in [0.2, 0.25) is 0 Å². The molecular weight excluding hydrogens is 224 g/mol. The first kappa shape index (κ1) is 13.8. The van der Waals surface area contributed by atoms with E-state index >= 15 is 0 Å². The lowest BCUT2D eigenvalue weighted by Gasteiger charge is -2.37. The van der Waals surface area contributed by atoms with E-state index in [4.69, 9.17) is 4.74 Å². The van der Waals surface area contributed by atoms with Crippen molar-refractivity contribution >= 4 is 12.0 Å². The third kappa shape index (κ3) is 3.59. The molecule has 0 spiro atoms. The third-order valence-electron chi connectivity index (χ3n) is 2.79. The fraction of sp³-hybridized carbons (Fsp3) is 0.818. The maximum Gasteiger partial charge on any atom is 0.409 e. The number of likely N-dealkylation sites (N-methyl/N-ethyl adjacent to an activating group) is 1. The van der Waals surface area contributed by atoms with Crippen LogP contribution < -0.4 is 0 Å². The summed E-state index contributed by atoms with van der Waals surface area (Å²) in [7, 11) is 2.83. The lowest BCUT2D eigenvalue weighted by atomic mass is 10.2. The zero-order valence-electron chi connectivity index (χ0n) is 10.8. The molecule has 0 unspecified atom stereocenters. The van der Waals surface area contributed by atoms with E-state index in [0.717, 1.165) is 0 Å². The van der Waals surface area contributed by atoms with E-state index in [0.29, 0.717) is 13.2 Å². The number of hydrogen-bond donors (Lipinski definition) is 0. The Hall–Kier alpha value is -1.30. The van der Waals surface area contributed by atoms with E-state index in [-0.39, 0.29) is 24.6 Å². The number of rotatable bonds is 2. The van der Waals surface area contributed by atoms with Crippen LogP contribution in [-0.4, -0.2) is 67.8 Å². The molecule has 6 heteroatoms. The molecular formula is C11H20N2O4. The number of nitrogens with zero attached hydrogens (tertiary/aromatic N) is 2. The second-order valence-corrected chi connectivity index (χ2v) is 4.37. The van der Waals surface area contributed by atoms with Crippen LogP contribution in [0.1, 0.15) is 13.8 Å². The Kier molecular flexibility index (Phi) is 4.74. The molecule has 0 radical (unpaired) electrons. The quantitative estimate of drug-likeness (QED) is 0.702. The van der Waals surface area contributed by atoms with Crippen LogP contribution in [0.5, 0.6) is 0 Å². The second kappa shape index (κ2) is 5.86. The van der Waals surface area contributed by atoms with Gasteiger partial charge in [0.25, 0.3) is 0 Å². The predicted octanol–water partition coefficient (Wildman–Crippen LogP) is 0.320. The van der Waals surface area contributed by atoms with Crippen molar-refractivity contribution < 1.29 is 19.1 Å². The SMILES string of the molecule is COC(=O)N(C)CC(=O)N1C[C@@H](C)OC[C@H]1C. The minimum atomic E-state index is -0.507. The van der Waals surface area contributed by atoms with Crippen molar-refractivity contribution in [2.45, 2.75) is 26.0 Å². The highest BCUT2D eigenvalue weighted by Crippen LogP contribution is 2.11. The van der Waals surface area contributed by atoms with Gasteiger partial charge in [-0.25, -0.2) is 4.79 Å². The maximum absolute atomic E-state index is 12.0. The average molecular weight is 244 g/mol. The van der Waals surface area contributed by atoms with Gasteiger partial charge in [0.15, 0.2) is 0 Å². The van der Waals surface area contributed by atoms with E-state index in [1.165, 1.54) is 19.1 Å². The molecule has 0 aromatic rings. The summed E-state index contributed by atoms with van der Waals surface area (Å²) in [5.41, 5.74) is 0. The number of carbonyl (C=O) groups is 2. The average Bonchev–Trinajstić information content (AvgIpc) is 2.30. The first-order valence-electron chi connectivity index (χ1n) is 5.65. The lowest BCUT2D eigenvalue weighted by Crippen LogP contribution is -2.53.